The van der Waals surface area contributed by atoms with Crippen LogP contribution in [0.4, 0.5) is 5.95 Å². The van der Waals surface area contributed by atoms with Crippen LogP contribution in [0, 0.1) is 6.92 Å². The summed E-state index contributed by atoms with van der Waals surface area (Å²) in [5, 5.41) is 10.5. The first-order chi connectivity index (χ1) is 11.7. The van der Waals surface area contributed by atoms with Gasteiger partial charge < -0.3 is 10.2 Å². The molecule has 4 rings (SSSR count). The van der Waals surface area contributed by atoms with Crippen LogP contribution in [0.25, 0.3) is 11.0 Å². The highest BCUT2D eigenvalue weighted by Crippen LogP contribution is 2.29. The number of H-pyrrole nitrogens is 2. The number of aryl methyl sites for hydroxylation is 1. The maximum Gasteiger partial charge on any atom is 0.263 e. The van der Waals surface area contributed by atoms with E-state index in [4.69, 9.17) is 0 Å². The summed E-state index contributed by atoms with van der Waals surface area (Å²) in [5.41, 5.74) is 2.91. The van der Waals surface area contributed by atoms with Gasteiger partial charge in [-0.15, -0.1) is 0 Å². The Morgan fingerprint density at radius 3 is 2.79 bits per heavy atom. The number of hydrogen-bond acceptors (Lipinski definition) is 5. The van der Waals surface area contributed by atoms with E-state index >= 15 is 0 Å². The third-order valence-corrected chi connectivity index (χ3v) is 4.80. The molecular formula is C17H20N6O. The highest BCUT2D eigenvalue weighted by atomic mass is 16.1. The molecule has 0 saturated carbocycles. The second-order valence-corrected chi connectivity index (χ2v) is 6.34. The van der Waals surface area contributed by atoms with Crippen molar-refractivity contribution in [3.63, 3.8) is 0 Å². The van der Waals surface area contributed by atoms with Gasteiger partial charge in [0.05, 0.1) is 6.20 Å². The lowest BCUT2D eigenvalue weighted by Gasteiger charge is -2.17. The van der Waals surface area contributed by atoms with Gasteiger partial charge >= 0.3 is 0 Å². The van der Waals surface area contributed by atoms with E-state index in [0.29, 0.717) is 28.9 Å². The van der Waals surface area contributed by atoms with Crippen molar-refractivity contribution < 1.29 is 0 Å². The number of hydrogen-bond donors (Lipinski definition) is 3. The Labute approximate surface area is 139 Å². The van der Waals surface area contributed by atoms with Crippen molar-refractivity contribution in [3.8, 4) is 0 Å². The first kappa shape index (κ1) is 14.9. The van der Waals surface area contributed by atoms with Gasteiger partial charge in [0, 0.05) is 25.0 Å². The minimum atomic E-state index is -0.163. The molecule has 3 aromatic rings. The number of fused-ring (bicyclic) bond motifs is 1. The molecule has 1 aliphatic heterocycles. The molecule has 0 unspecified atom stereocenters. The third-order valence-electron chi connectivity index (χ3n) is 4.80. The molecule has 0 aliphatic carbocycles. The number of aromatic amines is 2. The van der Waals surface area contributed by atoms with Gasteiger partial charge in [-0.1, -0.05) is 29.8 Å². The Hall–Kier alpha value is -2.67. The van der Waals surface area contributed by atoms with Gasteiger partial charge in [0.1, 0.15) is 5.39 Å². The highest BCUT2D eigenvalue weighted by Gasteiger charge is 2.34. The summed E-state index contributed by atoms with van der Waals surface area (Å²) in [6.07, 6.45) is 1.50. The van der Waals surface area contributed by atoms with E-state index in [9.17, 15) is 4.79 Å². The van der Waals surface area contributed by atoms with E-state index < -0.39 is 0 Å². The monoisotopic (exact) mass is 324 g/mol. The summed E-state index contributed by atoms with van der Waals surface area (Å²) in [6.45, 7) is 3.68. The quantitative estimate of drug-likeness (QED) is 0.672. The molecular weight excluding hydrogens is 304 g/mol. The molecule has 7 nitrogen and oxygen atoms in total. The molecule has 2 aromatic heterocycles. The van der Waals surface area contributed by atoms with Gasteiger partial charge in [-0.05, 0) is 19.5 Å². The topological polar surface area (TPSA) is 89.7 Å². The molecule has 0 amide bonds. The van der Waals surface area contributed by atoms with Crippen LogP contribution in [0.15, 0.2) is 35.3 Å². The van der Waals surface area contributed by atoms with E-state index in [2.05, 4.69) is 61.6 Å². The Bertz CT molecular complexity index is 913. The van der Waals surface area contributed by atoms with Crippen LogP contribution in [-0.2, 0) is 0 Å². The van der Waals surface area contributed by atoms with Crippen LogP contribution in [0.1, 0.15) is 17.0 Å². The van der Waals surface area contributed by atoms with Crippen LogP contribution >= 0.6 is 0 Å². The fourth-order valence-electron chi connectivity index (χ4n) is 3.40. The lowest BCUT2D eigenvalue weighted by atomic mass is 9.94. The molecule has 24 heavy (non-hydrogen) atoms. The van der Waals surface area contributed by atoms with Crippen LogP contribution < -0.4 is 15.8 Å². The van der Waals surface area contributed by atoms with E-state index in [1.807, 2.05) is 7.05 Å². The van der Waals surface area contributed by atoms with Crippen molar-refractivity contribution in [1.29, 1.82) is 0 Å². The van der Waals surface area contributed by atoms with Crippen molar-refractivity contribution in [2.75, 3.05) is 25.0 Å². The van der Waals surface area contributed by atoms with E-state index in [-0.39, 0.29) is 5.56 Å². The minimum absolute atomic E-state index is 0.163. The summed E-state index contributed by atoms with van der Waals surface area (Å²) in [4.78, 5) is 21.7. The molecule has 7 heteroatoms. The third kappa shape index (κ3) is 2.46. The number of benzene rings is 1. The largest absolute Gasteiger partial charge is 0.340 e. The van der Waals surface area contributed by atoms with Crippen LogP contribution in [-0.4, -0.2) is 46.3 Å². The van der Waals surface area contributed by atoms with Crippen molar-refractivity contribution in [2.24, 2.45) is 0 Å². The number of likely N-dealkylation sites (N-methyl/N-ethyl adjacent to an activating group) is 1. The SMILES string of the molecule is CN[C@H]1CN(c2nc3[nH]ncc3c(=O)[nH]2)C[C@@H]1c1ccc(C)cc1. The average molecular weight is 324 g/mol. The molecule has 124 valence electrons. The number of anilines is 1. The molecule has 1 saturated heterocycles. The molecule has 1 aliphatic rings. The molecule has 0 spiro atoms. The summed E-state index contributed by atoms with van der Waals surface area (Å²) in [6, 6.07) is 8.95. The minimum Gasteiger partial charge on any atom is -0.340 e. The molecule has 0 bridgehead atoms. The normalized spacial score (nSPS) is 20.8. The molecule has 1 aromatic carbocycles. The number of aromatic nitrogens is 4. The number of rotatable bonds is 3. The Kier molecular flexibility index (Phi) is 3.57. The van der Waals surface area contributed by atoms with Crippen LogP contribution in [0.3, 0.4) is 0 Å². The fourth-order valence-corrected chi connectivity index (χ4v) is 3.40. The van der Waals surface area contributed by atoms with Gasteiger partial charge in [-0.25, -0.2) is 0 Å². The first-order valence-corrected chi connectivity index (χ1v) is 8.08. The first-order valence-electron chi connectivity index (χ1n) is 8.08. The molecule has 2 atom stereocenters. The lowest BCUT2D eigenvalue weighted by molar-refractivity contribution is 0.554. The fraction of sp³-hybridized carbons (Fsp3) is 0.353. The summed E-state index contributed by atoms with van der Waals surface area (Å²) in [7, 11) is 1.98. The van der Waals surface area contributed by atoms with Crippen LogP contribution in [0.2, 0.25) is 0 Å². The zero-order valence-electron chi connectivity index (χ0n) is 13.7. The predicted molar refractivity (Wildman–Crippen MR) is 93.5 cm³/mol. The van der Waals surface area contributed by atoms with Crippen LogP contribution in [0.5, 0.6) is 0 Å². The summed E-state index contributed by atoms with van der Waals surface area (Å²) < 4.78 is 0. The van der Waals surface area contributed by atoms with Gasteiger partial charge in [-0.2, -0.15) is 10.1 Å². The van der Waals surface area contributed by atoms with Gasteiger partial charge in [0.2, 0.25) is 5.95 Å². The van der Waals surface area contributed by atoms with E-state index in [1.54, 1.807) is 0 Å². The van der Waals surface area contributed by atoms with Crippen molar-refractivity contribution >= 4 is 17.0 Å². The number of nitrogens with one attached hydrogen (secondary N) is 3. The predicted octanol–water partition coefficient (Wildman–Crippen LogP) is 1.15. The second kappa shape index (κ2) is 5.76. The lowest BCUT2D eigenvalue weighted by Crippen LogP contribution is -2.33. The van der Waals surface area contributed by atoms with Gasteiger partial charge in [-0.3, -0.25) is 14.9 Å². The van der Waals surface area contributed by atoms with Gasteiger partial charge in [0.25, 0.3) is 5.56 Å². The number of nitrogens with zero attached hydrogens (tertiary/aromatic N) is 3. The molecule has 3 N–H and O–H groups in total. The second-order valence-electron chi connectivity index (χ2n) is 6.34. The molecule has 3 heterocycles. The van der Waals surface area contributed by atoms with E-state index in [1.165, 1.54) is 17.3 Å². The van der Waals surface area contributed by atoms with Crippen molar-refractivity contribution in [3.05, 3.63) is 51.9 Å². The van der Waals surface area contributed by atoms with Crippen molar-refractivity contribution in [1.82, 2.24) is 25.5 Å². The zero-order chi connectivity index (χ0) is 16.7. The van der Waals surface area contributed by atoms with Gasteiger partial charge in [0.15, 0.2) is 5.65 Å². The molecule has 1 fully saturated rings. The smallest absolute Gasteiger partial charge is 0.263 e. The van der Waals surface area contributed by atoms with Crippen molar-refractivity contribution in [2.45, 2.75) is 18.9 Å². The summed E-state index contributed by atoms with van der Waals surface area (Å²) >= 11 is 0. The summed E-state index contributed by atoms with van der Waals surface area (Å²) in [5.74, 6) is 0.935. The average Bonchev–Trinajstić information content (AvgIpc) is 3.22. The standard InChI is InChI=1S/C17H20N6O/c1-10-3-5-11(6-4-10)13-8-23(9-14(13)18-2)17-20-15-12(7-19-22-15)16(24)21-17/h3-7,13-14,18H,8-9H2,1-2H3,(H2,19,20,21,22,24)/t13-,14+/m1/s1. The molecule has 0 radical (unpaired) electrons. The maximum atomic E-state index is 12.2. The highest BCUT2D eigenvalue weighted by molar-refractivity contribution is 5.73. The Morgan fingerprint density at radius 1 is 1.25 bits per heavy atom. The Morgan fingerprint density at radius 2 is 2.04 bits per heavy atom. The maximum absolute atomic E-state index is 12.2. The van der Waals surface area contributed by atoms with E-state index in [0.717, 1.165) is 13.1 Å². The zero-order valence-corrected chi connectivity index (χ0v) is 13.7. The Balaban J connectivity index is 1.67.